The zero-order valence-corrected chi connectivity index (χ0v) is 18.7. The highest BCUT2D eigenvalue weighted by atomic mass is 16.5. The van der Waals surface area contributed by atoms with E-state index < -0.39 is 0 Å². The Balaban J connectivity index is 1.53. The number of methoxy groups -OCH3 is 3. The van der Waals surface area contributed by atoms with Crippen LogP contribution in [-0.4, -0.2) is 60.0 Å². The maximum atomic E-state index is 12.3. The molecule has 0 saturated heterocycles. The topological polar surface area (TPSA) is 124 Å². The fourth-order valence-corrected chi connectivity index (χ4v) is 3.00. The minimum absolute atomic E-state index is 0.367. The fourth-order valence-electron chi connectivity index (χ4n) is 3.00. The Labute approximate surface area is 186 Å². The van der Waals surface area contributed by atoms with Gasteiger partial charge >= 0.3 is 6.03 Å². The first kappa shape index (κ1) is 22.7. The average molecular weight is 441 g/mol. The van der Waals surface area contributed by atoms with Crippen LogP contribution in [0.15, 0.2) is 30.9 Å². The molecule has 0 fully saturated rings. The Kier molecular flexibility index (Phi) is 7.32. The number of amides is 2. The first-order valence-electron chi connectivity index (χ1n) is 9.88. The minimum atomic E-state index is -0.367. The Morgan fingerprint density at radius 3 is 2.28 bits per heavy atom. The van der Waals surface area contributed by atoms with Crippen LogP contribution < -0.4 is 30.2 Å². The molecule has 3 aromatic rings. The number of rotatable bonds is 9. The normalized spacial score (nSPS) is 10.4. The van der Waals surface area contributed by atoms with E-state index in [-0.39, 0.29) is 6.03 Å². The first-order valence-corrected chi connectivity index (χ1v) is 9.88. The van der Waals surface area contributed by atoms with Crippen LogP contribution in [0.5, 0.6) is 17.2 Å². The zero-order valence-electron chi connectivity index (χ0n) is 18.7. The van der Waals surface area contributed by atoms with Crippen molar-refractivity contribution in [3.63, 3.8) is 0 Å². The second-order valence-electron chi connectivity index (χ2n) is 6.77. The van der Waals surface area contributed by atoms with Crippen molar-refractivity contribution in [1.82, 2.24) is 24.8 Å². The third-order valence-corrected chi connectivity index (χ3v) is 4.79. The van der Waals surface area contributed by atoms with Crippen molar-refractivity contribution in [3.05, 3.63) is 42.2 Å². The van der Waals surface area contributed by atoms with Crippen LogP contribution in [-0.2, 0) is 0 Å². The molecule has 0 spiro atoms. The number of carbonyl (C=O) groups is 1. The van der Waals surface area contributed by atoms with E-state index in [9.17, 15) is 4.79 Å². The molecule has 2 amide bonds. The van der Waals surface area contributed by atoms with Crippen LogP contribution >= 0.6 is 0 Å². The SMILES string of the molecule is COc1cc(NC(=O)NCCNc2cc(-n3cnc(C)c3C)ncn2)cc(OC)c1OC. The number of hydrogen-bond acceptors (Lipinski definition) is 8. The molecule has 0 aliphatic carbocycles. The summed E-state index contributed by atoms with van der Waals surface area (Å²) < 4.78 is 17.8. The lowest BCUT2D eigenvalue weighted by molar-refractivity contribution is 0.252. The summed E-state index contributed by atoms with van der Waals surface area (Å²) >= 11 is 0. The summed E-state index contributed by atoms with van der Waals surface area (Å²) in [5.41, 5.74) is 2.47. The highest BCUT2D eigenvalue weighted by molar-refractivity contribution is 5.90. The number of nitrogens with zero attached hydrogens (tertiary/aromatic N) is 4. The summed E-state index contributed by atoms with van der Waals surface area (Å²) in [5, 5.41) is 8.70. The van der Waals surface area contributed by atoms with Crippen molar-refractivity contribution in [2.24, 2.45) is 0 Å². The molecular weight excluding hydrogens is 414 g/mol. The smallest absolute Gasteiger partial charge is 0.319 e. The van der Waals surface area contributed by atoms with Gasteiger partial charge in [-0.3, -0.25) is 4.57 Å². The van der Waals surface area contributed by atoms with Crippen molar-refractivity contribution in [2.45, 2.75) is 13.8 Å². The van der Waals surface area contributed by atoms with E-state index in [1.165, 1.54) is 27.7 Å². The summed E-state index contributed by atoms with van der Waals surface area (Å²) in [4.78, 5) is 25.1. The van der Waals surface area contributed by atoms with E-state index in [0.717, 1.165) is 11.4 Å². The van der Waals surface area contributed by atoms with Crippen LogP contribution in [0.25, 0.3) is 5.82 Å². The predicted octanol–water partition coefficient (Wildman–Crippen LogP) is 2.54. The number of urea groups is 1. The van der Waals surface area contributed by atoms with Crippen LogP contribution in [0.4, 0.5) is 16.3 Å². The molecule has 0 bridgehead atoms. The van der Waals surface area contributed by atoms with Gasteiger partial charge in [0.05, 0.1) is 32.7 Å². The highest BCUT2D eigenvalue weighted by Crippen LogP contribution is 2.39. The first-order chi connectivity index (χ1) is 15.5. The van der Waals surface area contributed by atoms with Gasteiger partial charge in [-0.05, 0) is 13.8 Å². The predicted molar refractivity (Wildman–Crippen MR) is 120 cm³/mol. The minimum Gasteiger partial charge on any atom is -0.493 e. The number of imidazole rings is 1. The molecular formula is C21H27N7O4. The van der Waals surface area contributed by atoms with Crippen molar-refractivity contribution < 1.29 is 19.0 Å². The quantitative estimate of drug-likeness (QED) is 0.433. The summed E-state index contributed by atoms with van der Waals surface area (Å²) in [6, 6.07) is 4.77. The second-order valence-corrected chi connectivity index (χ2v) is 6.77. The number of carbonyl (C=O) groups excluding carboxylic acids is 1. The molecule has 3 N–H and O–H groups in total. The molecule has 0 atom stereocenters. The summed E-state index contributed by atoms with van der Waals surface area (Å²) in [7, 11) is 4.55. The van der Waals surface area contributed by atoms with Gasteiger partial charge in [-0.2, -0.15) is 0 Å². The number of nitrogens with one attached hydrogen (secondary N) is 3. The second kappa shape index (κ2) is 10.3. The van der Waals surface area contributed by atoms with E-state index in [1.54, 1.807) is 18.5 Å². The van der Waals surface area contributed by atoms with Crippen LogP contribution in [0.3, 0.4) is 0 Å². The Bertz CT molecular complexity index is 1060. The van der Waals surface area contributed by atoms with Crippen molar-refractivity contribution in [1.29, 1.82) is 0 Å². The number of aromatic nitrogens is 4. The average Bonchev–Trinajstić information content (AvgIpc) is 3.14. The summed E-state index contributed by atoms with van der Waals surface area (Å²) in [6.45, 7) is 4.77. The van der Waals surface area contributed by atoms with Gasteiger partial charge in [0.25, 0.3) is 0 Å². The summed E-state index contributed by atoms with van der Waals surface area (Å²) in [6.07, 6.45) is 3.21. The molecule has 0 aliphatic heterocycles. The third kappa shape index (κ3) is 5.17. The molecule has 3 rings (SSSR count). The largest absolute Gasteiger partial charge is 0.493 e. The number of aryl methyl sites for hydroxylation is 1. The van der Waals surface area contributed by atoms with E-state index in [0.29, 0.717) is 47.7 Å². The molecule has 0 aliphatic rings. The van der Waals surface area contributed by atoms with Gasteiger partial charge in [-0.15, -0.1) is 0 Å². The van der Waals surface area contributed by atoms with Crippen LogP contribution in [0.2, 0.25) is 0 Å². The number of ether oxygens (including phenoxy) is 3. The number of anilines is 2. The van der Waals surface area contributed by atoms with E-state index >= 15 is 0 Å². The molecule has 2 aromatic heterocycles. The van der Waals surface area contributed by atoms with Crippen molar-refractivity contribution in [3.8, 4) is 23.1 Å². The molecule has 0 radical (unpaired) electrons. The van der Waals surface area contributed by atoms with Gasteiger partial charge in [-0.1, -0.05) is 0 Å². The van der Waals surface area contributed by atoms with E-state index in [1.807, 2.05) is 24.5 Å². The van der Waals surface area contributed by atoms with E-state index in [2.05, 4.69) is 30.9 Å². The van der Waals surface area contributed by atoms with Crippen LogP contribution in [0.1, 0.15) is 11.4 Å². The fraction of sp³-hybridized carbons (Fsp3) is 0.333. The van der Waals surface area contributed by atoms with Gasteiger partial charge in [0, 0.05) is 37.0 Å². The number of benzene rings is 1. The number of hydrogen-bond donors (Lipinski definition) is 3. The Hall–Kier alpha value is -4.02. The lowest BCUT2D eigenvalue weighted by atomic mass is 10.2. The third-order valence-electron chi connectivity index (χ3n) is 4.79. The molecule has 32 heavy (non-hydrogen) atoms. The van der Waals surface area contributed by atoms with Crippen molar-refractivity contribution in [2.75, 3.05) is 45.1 Å². The molecule has 2 heterocycles. The van der Waals surface area contributed by atoms with Crippen molar-refractivity contribution >= 4 is 17.5 Å². The molecule has 11 heteroatoms. The lowest BCUT2D eigenvalue weighted by Crippen LogP contribution is -2.32. The molecule has 0 unspecified atom stereocenters. The van der Waals surface area contributed by atoms with Gasteiger partial charge < -0.3 is 30.2 Å². The molecule has 170 valence electrons. The Morgan fingerprint density at radius 1 is 0.969 bits per heavy atom. The van der Waals surface area contributed by atoms with Gasteiger partial charge in [-0.25, -0.2) is 19.7 Å². The zero-order chi connectivity index (χ0) is 23.1. The molecule has 0 saturated carbocycles. The lowest BCUT2D eigenvalue weighted by Gasteiger charge is -2.15. The van der Waals surface area contributed by atoms with Gasteiger partial charge in [0.1, 0.15) is 24.3 Å². The summed E-state index contributed by atoms with van der Waals surface area (Å²) in [5.74, 6) is 2.72. The highest BCUT2D eigenvalue weighted by Gasteiger charge is 2.14. The van der Waals surface area contributed by atoms with Crippen LogP contribution in [0, 0.1) is 13.8 Å². The molecule has 11 nitrogen and oxygen atoms in total. The van der Waals surface area contributed by atoms with E-state index in [4.69, 9.17) is 14.2 Å². The Morgan fingerprint density at radius 2 is 1.69 bits per heavy atom. The monoisotopic (exact) mass is 441 g/mol. The maximum Gasteiger partial charge on any atom is 0.319 e. The van der Waals surface area contributed by atoms with Gasteiger partial charge in [0.15, 0.2) is 11.5 Å². The maximum absolute atomic E-state index is 12.3. The standard InChI is InChI=1S/C21H27N7O4/c1-13-14(2)28(12-26-13)19-10-18(24-11-25-19)22-6-7-23-21(29)27-15-8-16(30-3)20(32-5)17(9-15)31-4/h8-12H,6-7H2,1-5H3,(H,22,24,25)(H2,23,27,29). The van der Waals surface area contributed by atoms with Gasteiger partial charge in [0.2, 0.25) is 5.75 Å². The molecule has 1 aromatic carbocycles.